The third-order valence-electron chi connectivity index (χ3n) is 5.69. The van der Waals surface area contributed by atoms with Crippen LogP contribution in [0.4, 0.5) is 5.82 Å². The Kier molecular flexibility index (Phi) is 4.33. The minimum atomic E-state index is -0.489. The predicted octanol–water partition coefficient (Wildman–Crippen LogP) is 3.05. The van der Waals surface area contributed by atoms with Gasteiger partial charge in [-0.1, -0.05) is 48.5 Å². The summed E-state index contributed by atoms with van der Waals surface area (Å²) in [6.45, 7) is 1.72. The Bertz CT molecular complexity index is 1220. The van der Waals surface area contributed by atoms with Gasteiger partial charge >= 0.3 is 0 Å². The molecule has 6 heteroatoms. The summed E-state index contributed by atoms with van der Waals surface area (Å²) in [5.74, 6) is 0.527. The van der Waals surface area contributed by atoms with E-state index in [1.165, 1.54) is 22.7 Å². The number of amides is 1. The fraction of sp³-hybridized carbons (Fsp3) is 0.174. The van der Waals surface area contributed by atoms with Crippen LogP contribution in [-0.4, -0.2) is 35.0 Å². The number of nitrogens with two attached hydrogens (primary N) is 1. The Labute approximate surface area is 168 Å². The highest BCUT2D eigenvalue weighted by Crippen LogP contribution is 2.32. The third-order valence-corrected chi connectivity index (χ3v) is 5.69. The molecule has 1 aliphatic rings. The predicted molar refractivity (Wildman–Crippen MR) is 115 cm³/mol. The van der Waals surface area contributed by atoms with Gasteiger partial charge in [0, 0.05) is 30.4 Å². The molecule has 0 unspecified atom stereocenters. The average Bonchev–Trinajstić information content (AvgIpc) is 3.21. The molecular weight excluding hydrogens is 362 g/mol. The second-order valence-electron chi connectivity index (χ2n) is 7.37. The fourth-order valence-electron chi connectivity index (χ4n) is 4.31. The normalized spacial score (nSPS) is 18.9. The van der Waals surface area contributed by atoms with Crippen molar-refractivity contribution >= 4 is 33.4 Å². The molecule has 1 amide bonds. The van der Waals surface area contributed by atoms with E-state index in [4.69, 9.17) is 5.73 Å². The summed E-state index contributed by atoms with van der Waals surface area (Å²) in [7, 11) is 0. The molecule has 4 aromatic rings. The summed E-state index contributed by atoms with van der Waals surface area (Å²) in [4.78, 5) is 20.5. The summed E-state index contributed by atoms with van der Waals surface area (Å²) in [6, 6.07) is 20.5. The highest BCUT2D eigenvalue weighted by molar-refractivity contribution is 6.06. The van der Waals surface area contributed by atoms with Gasteiger partial charge in [0.05, 0.1) is 11.1 Å². The lowest BCUT2D eigenvalue weighted by Crippen LogP contribution is -2.28. The molecule has 6 nitrogen and oxygen atoms in total. The second-order valence-corrected chi connectivity index (χ2v) is 7.37. The van der Waals surface area contributed by atoms with E-state index >= 15 is 0 Å². The van der Waals surface area contributed by atoms with E-state index in [1.807, 2.05) is 12.1 Å². The maximum atomic E-state index is 11.8. The first-order valence-corrected chi connectivity index (χ1v) is 9.71. The molecule has 5 rings (SSSR count). The van der Waals surface area contributed by atoms with E-state index in [0.29, 0.717) is 17.0 Å². The van der Waals surface area contributed by atoms with E-state index in [-0.39, 0.29) is 6.04 Å². The van der Waals surface area contributed by atoms with Crippen molar-refractivity contribution in [3.05, 3.63) is 78.1 Å². The van der Waals surface area contributed by atoms with Crippen LogP contribution in [0.3, 0.4) is 0 Å². The van der Waals surface area contributed by atoms with Gasteiger partial charge in [-0.3, -0.25) is 4.79 Å². The number of fused-ring (bicyclic) bond motifs is 2. The number of hydrogen-bond acceptors (Lipinski definition) is 5. The molecule has 1 saturated heterocycles. The third kappa shape index (κ3) is 3.07. The number of nitrogens with one attached hydrogen (secondary N) is 2. The van der Waals surface area contributed by atoms with Crippen molar-refractivity contribution in [2.24, 2.45) is 5.73 Å². The van der Waals surface area contributed by atoms with Gasteiger partial charge < -0.3 is 16.4 Å². The van der Waals surface area contributed by atoms with Gasteiger partial charge in [0.15, 0.2) is 0 Å². The molecule has 2 heterocycles. The molecule has 3 aromatic carbocycles. The van der Waals surface area contributed by atoms with Crippen LogP contribution < -0.4 is 16.4 Å². The van der Waals surface area contributed by atoms with Crippen LogP contribution in [0.25, 0.3) is 21.7 Å². The Morgan fingerprint density at radius 1 is 0.966 bits per heavy atom. The number of aromatic nitrogens is 2. The molecule has 0 bridgehead atoms. The highest BCUT2D eigenvalue weighted by atomic mass is 16.1. The minimum absolute atomic E-state index is 0.163. The molecule has 144 valence electrons. The monoisotopic (exact) mass is 383 g/mol. The molecule has 1 aliphatic heterocycles. The molecule has 0 spiro atoms. The van der Waals surface area contributed by atoms with Crippen LogP contribution in [0, 0.1) is 0 Å². The van der Waals surface area contributed by atoms with Crippen LogP contribution in [0.1, 0.15) is 21.8 Å². The summed E-state index contributed by atoms with van der Waals surface area (Å²) in [5.41, 5.74) is 7.82. The second kappa shape index (κ2) is 7.14. The van der Waals surface area contributed by atoms with E-state index in [1.54, 1.807) is 6.07 Å². The molecular formula is C23H21N5O. The fourth-order valence-corrected chi connectivity index (χ4v) is 4.31. The maximum Gasteiger partial charge on any atom is 0.250 e. The molecule has 4 N–H and O–H groups in total. The van der Waals surface area contributed by atoms with Crippen molar-refractivity contribution in [1.82, 2.24) is 15.3 Å². The lowest BCUT2D eigenvalue weighted by atomic mass is 9.90. The Balaban J connectivity index is 1.54. The number of benzene rings is 3. The Morgan fingerprint density at radius 3 is 2.66 bits per heavy atom. The number of rotatable bonds is 4. The topological polar surface area (TPSA) is 92.9 Å². The first kappa shape index (κ1) is 17.6. The summed E-state index contributed by atoms with van der Waals surface area (Å²) in [6.07, 6.45) is 1.48. The number of nitrogens with zero attached hydrogens (tertiary/aromatic N) is 2. The van der Waals surface area contributed by atoms with Crippen molar-refractivity contribution in [2.45, 2.75) is 12.0 Å². The average molecular weight is 383 g/mol. The Morgan fingerprint density at radius 2 is 1.76 bits per heavy atom. The molecule has 0 saturated carbocycles. The molecule has 29 heavy (non-hydrogen) atoms. The van der Waals surface area contributed by atoms with Gasteiger partial charge in [-0.25, -0.2) is 9.97 Å². The summed E-state index contributed by atoms with van der Waals surface area (Å²) >= 11 is 0. The van der Waals surface area contributed by atoms with Crippen LogP contribution in [0.15, 0.2) is 67.0 Å². The van der Waals surface area contributed by atoms with E-state index in [9.17, 15) is 4.79 Å². The van der Waals surface area contributed by atoms with E-state index in [0.717, 1.165) is 24.3 Å². The summed E-state index contributed by atoms with van der Waals surface area (Å²) < 4.78 is 0. The van der Waals surface area contributed by atoms with Gasteiger partial charge in [0.2, 0.25) is 0 Å². The smallest absolute Gasteiger partial charge is 0.250 e. The summed E-state index contributed by atoms with van der Waals surface area (Å²) in [5, 5.41) is 10.4. The van der Waals surface area contributed by atoms with Gasteiger partial charge in [-0.2, -0.15) is 0 Å². The lowest BCUT2D eigenvalue weighted by molar-refractivity contribution is 0.100. The SMILES string of the molecule is NC(=O)c1cccc2c(N[C@@H]3CNC[C@H]3c3cccc4ccccc34)ncnc12. The molecule has 0 radical (unpaired) electrons. The lowest BCUT2D eigenvalue weighted by Gasteiger charge is -2.23. The number of carbonyl (C=O) groups is 1. The zero-order valence-corrected chi connectivity index (χ0v) is 15.8. The Hall–Kier alpha value is -3.51. The van der Waals surface area contributed by atoms with Crippen LogP contribution in [0.5, 0.6) is 0 Å². The zero-order valence-electron chi connectivity index (χ0n) is 15.8. The number of carbonyl (C=O) groups excluding carboxylic acids is 1. The van der Waals surface area contributed by atoms with Crippen LogP contribution >= 0.6 is 0 Å². The van der Waals surface area contributed by atoms with Gasteiger partial charge in [-0.15, -0.1) is 0 Å². The number of hydrogen-bond donors (Lipinski definition) is 3. The van der Waals surface area contributed by atoms with Crippen LogP contribution in [-0.2, 0) is 0 Å². The van der Waals surface area contributed by atoms with Crippen molar-refractivity contribution in [2.75, 3.05) is 18.4 Å². The van der Waals surface area contributed by atoms with Crippen molar-refractivity contribution in [3.63, 3.8) is 0 Å². The van der Waals surface area contributed by atoms with Crippen molar-refractivity contribution in [3.8, 4) is 0 Å². The molecule has 1 fully saturated rings. The van der Waals surface area contributed by atoms with Gasteiger partial charge in [-0.05, 0) is 28.5 Å². The molecule has 2 atom stereocenters. The molecule has 1 aromatic heterocycles. The highest BCUT2D eigenvalue weighted by Gasteiger charge is 2.30. The van der Waals surface area contributed by atoms with E-state index in [2.05, 4.69) is 63.1 Å². The number of primary amides is 1. The zero-order chi connectivity index (χ0) is 19.8. The van der Waals surface area contributed by atoms with E-state index < -0.39 is 5.91 Å². The van der Waals surface area contributed by atoms with Crippen LogP contribution in [0.2, 0.25) is 0 Å². The minimum Gasteiger partial charge on any atom is -0.366 e. The maximum absolute atomic E-state index is 11.8. The van der Waals surface area contributed by atoms with Gasteiger partial charge in [0.1, 0.15) is 12.1 Å². The largest absolute Gasteiger partial charge is 0.366 e. The first-order valence-electron chi connectivity index (χ1n) is 9.71. The standard InChI is InChI=1S/C23H21N5O/c24-22(29)17-9-4-10-18-21(17)26-13-27-23(18)28-20-12-25-11-19(20)16-8-3-6-14-5-1-2-7-15(14)16/h1-10,13,19-20,25H,11-12H2,(H2,24,29)(H,26,27,28)/t19-,20+/m0/s1. The number of para-hydroxylation sites is 1. The quantitative estimate of drug-likeness (QED) is 0.504. The molecule has 0 aliphatic carbocycles. The van der Waals surface area contributed by atoms with Crippen molar-refractivity contribution < 1.29 is 4.79 Å². The van der Waals surface area contributed by atoms with Crippen molar-refractivity contribution in [1.29, 1.82) is 0 Å². The number of anilines is 1. The van der Waals surface area contributed by atoms with Gasteiger partial charge in [0.25, 0.3) is 5.91 Å². The first-order chi connectivity index (χ1) is 14.2.